The van der Waals surface area contributed by atoms with Gasteiger partial charge in [-0.05, 0) is 43.9 Å². The maximum Gasteiger partial charge on any atom is 0.156 e. The van der Waals surface area contributed by atoms with Gasteiger partial charge in [0.25, 0.3) is 0 Å². The van der Waals surface area contributed by atoms with Crippen LogP contribution in [-0.2, 0) is 4.79 Å². The van der Waals surface area contributed by atoms with Crippen LogP contribution >= 0.6 is 11.6 Å². The summed E-state index contributed by atoms with van der Waals surface area (Å²) in [6.07, 6.45) is 5.58. The second-order valence-electron chi connectivity index (χ2n) is 4.87. The molecule has 1 nitrogen and oxygen atoms in total. The molecule has 2 heteroatoms. The first-order valence-corrected chi connectivity index (χ1v) is 5.28. The van der Waals surface area contributed by atoms with E-state index in [2.05, 4.69) is 0 Å². The Kier molecular flexibility index (Phi) is 1.27. The van der Waals surface area contributed by atoms with Crippen molar-refractivity contribution in [3.63, 3.8) is 0 Å². The average molecular weight is 185 g/mol. The van der Waals surface area contributed by atoms with E-state index in [1.807, 2.05) is 0 Å². The van der Waals surface area contributed by atoms with Crippen LogP contribution in [-0.4, -0.2) is 10.7 Å². The molecule has 0 heterocycles. The van der Waals surface area contributed by atoms with Gasteiger partial charge in [-0.3, -0.25) is 4.79 Å². The molecule has 66 valence electrons. The number of carbonyl (C=O) groups is 1. The van der Waals surface area contributed by atoms with Crippen molar-refractivity contribution in [2.75, 3.05) is 0 Å². The SMILES string of the molecule is O=C1C2CC3CC(C2)CC1(Cl)C3. The fourth-order valence-electron chi connectivity index (χ4n) is 3.68. The molecule has 4 fully saturated rings. The van der Waals surface area contributed by atoms with Crippen molar-refractivity contribution in [2.45, 2.75) is 37.0 Å². The van der Waals surface area contributed by atoms with Crippen molar-refractivity contribution in [3.8, 4) is 0 Å². The molecule has 2 unspecified atom stereocenters. The third-order valence-electron chi connectivity index (χ3n) is 3.94. The van der Waals surface area contributed by atoms with E-state index < -0.39 is 4.87 Å². The lowest BCUT2D eigenvalue weighted by atomic mass is 9.55. The van der Waals surface area contributed by atoms with Crippen molar-refractivity contribution in [3.05, 3.63) is 0 Å². The molecule has 0 aromatic heterocycles. The quantitative estimate of drug-likeness (QED) is 0.529. The number of alkyl halides is 1. The summed E-state index contributed by atoms with van der Waals surface area (Å²) in [6, 6.07) is 0. The van der Waals surface area contributed by atoms with Gasteiger partial charge < -0.3 is 0 Å². The molecule has 4 bridgehead atoms. The van der Waals surface area contributed by atoms with Crippen LogP contribution in [0.15, 0.2) is 0 Å². The van der Waals surface area contributed by atoms with Crippen LogP contribution in [0.2, 0.25) is 0 Å². The normalized spacial score (nSPS) is 56.4. The van der Waals surface area contributed by atoms with Gasteiger partial charge in [0.1, 0.15) is 4.87 Å². The minimum Gasteiger partial charge on any atom is -0.297 e. The van der Waals surface area contributed by atoms with Gasteiger partial charge in [-0.2, -0.15) is 0 Å². The number of carbonyl (C=O) groups excluding carboxylic acids is 1. The monoisotopic (exact) mass is 184 g/mol. The first kappa shape index (κ1) is 7.37. The highest BCUT2D eigenvalue weighted by atomic mass is 35.5. The minimum absolute atomic E-state index is 0.341. The van der Waals surface area contributed by atoms with E-state index in [9.17, 15) is 4.79 Å². The molecule has 0 aliphatic heterocycles. The second-order valence-corrected chi connectivity index (χ2v) is 5.60. The first-order chi connectivity index (χ1) is 5.67. The summed E-state index contributed by atoms with van der Waals surface area (Å²) in [4.78, 5) is 11.4. The van der Waals surface area contributed by atoms with Crippen LogP contribution in [0, 0.1) is 17.8 Å². The molecule has 4 saturated carbocycles. The Balaban J connectivity index is 2.02. The van der Waals surface area contributed by atoms with Crippen molar-refractivity contribution < 1.29 is 4.79 Å². The fourth-order valence-corrected chi connectivity index (χ4v) is 4.27. The molecule has 0 aromatic rings. The van der Waals surface area contributed by atoms with Gasteiger partial charge in [-0.1, -0.05) is 0 Å². The highest BCUT2D eigenvalue weighted by molar-refractivity contribution is 6.36. The van der Waals surface area contributed by atoms with E-state index in [1.165, 1.54) is 6.42 Å². The van der Waals surface area contributed by atoms with E-state index in [1.54, 1.807) is 0 Å². The molecule has 0 saturated heterocycles. The largest absolute Gasteiger partial charge is 0.297 e. The lowest BCUT2D eigenvalue weighted by Gasteiger charge is -2.52. The smallest absolute Gasteiger partial charge is 0.156 e. The third-order valence-corrected chi connectivity index (χ3v) is 4.43. The molecule has 4 aliphatic rings. The molecule has 0 amide bonds. The zero-order chi connectivity index (χ0) is 8.34. The number of rotatable bonds is 0. The Bertz CT molecular complexity index is 234. The average Bonchev–Trinajstić information content (AvgIpc) is 1.98. The molecule has 0 radical (unpaired) electrons. The molecule has 2 atom stereocenters. The molecule has 0 N–H and O–H groups in total. The van der Waals surface area contributed by atoms with Gasteiger partial charge in [0.2, 0.25) is 0 Å². The Hall–Kier alpha value is -0.0400. The number of hydrogen-bond donors (Lipinski definition) is 0. The highest BCUT2D eigenvalue weighted by Crippen LogP contribution is 2.56. The van der Waals surface area contributed by atoms with Crippen molar-refractivity contribution >= 4 is 17.4 Å². The minimum atomic E-state index is -0.408. The lowest BCUT2D eigenvalue weighted by molar-refractivity contribution is -0.137. The predicted octanol–water partition coefficient (Wildman–Crippen LogP) is 2.37. The summed E-state index contributed by atoms with van der Waals surface area (Å²) < 4.78 is 0. The van der Waals surface area contributed by atoms with Crippen LogP contribution in [0.5, 0.6) is 0 Å². The summed E-state index contributed by atoms with van der Waals surface area (Å²) in [5.74, 6) is 2.26. The van der Waals surface area contributed by atoms with Crippen LogP contribution in [0.25, 0.3) is 0 Å². The first-order valence-electron chi connectivity index (χ1n) is 4.90. The molecule has 12 heavy (non-hydrogen) atoms. The van der Waals surface area contributed by atoms with E-state index in [0.717, 1.165) is 37.5 Å². The van der Waals surface area contributed by atoms with Crippen molar-refractivity contribution in [1.82, 2.24) is 0 Å². The van der Waals surface area contributed by atoms with Crippen LogP contribution in [0.1, 0.15) is 32.1 Å². The zero-order valence-corrected chi connectivity index (χ0v) is 7.81. The predicted molar refractivity (Wildman–Crippen MR) is 47.1 cm³/mol. The summed E-state index contributed by atoms with van der Waals surface area (Å²) in [5.41, 5.74) is 0. The number of hydrogen-bond acceptors (Lipinski definition) is 1. The van der Waals surface area contributed by atoms with Gasteiger partial charge in [0.15, 0.2) is 5.78 Å². The maximum atomic E-state index is 11.8. The molecule has 0 aromatic carbocycles. The Morgan fingerprint density at radius 2 is 1.75 bits per heavy atom. The van der Waals surface area contributed by atoms with E-state index in [-0.39, 0.29) is 0 Å². The number of halogens is 1. The van der Waals surface area contributed by atoms with Crippen molar-refractivity contribution in [2.24, 2.45) is 17.8 Å². The second kappa shape index (κ2) is 2.06. The Morgan fingerprint density at radius 1 is 1.17 bits per heavy atom. The third kappa shape index (κ3) is 0.783. The Morgan fingerprint density at radius 3 is 2.25 bits per heavy atom. The molecular formula is C10H13ClO. The lowest BCUT2D eigenvalue weighted by Crippen LogP contribution is -2.54. The molecule has 4 rings (SSSR count). The topological polar surface area (TPSA) is 17.1 Å². The maximum absolute atomic E-state index is 11.8. The summed E-state index contributed by atoms with van der Waals surface area (Å²) >= 11 is 6.33. The summed E-state index contributed by atoms with van der Waals surface area (Å²) in [7, 11) is 0. The van der Waals surface area contributed by atoms with Gasteiger partial charge >= 0.3 is 0 Å². The zero-order valence-electron chi connectivity index (χ0n) is 7.05. The number of Topliss-reactive ketones (excluding diaryl/α,β-unsaturated/α-hetero) is 1. The van der Waals surface area contributed by atoms with Gasteiger partial charge in [-0.25, -0.2) is 0 Å². The molecule has 0 spiro atoms. The number of ketones is 1. The van der Waals surface area contributed by atoms with Gasteiger partial charge in [-0.15, -0.1) is 11.6 Å². The van der Waals surface area contributed by atoms with Gasteiger partial charge in [0, 0.05) is 5.92 Å². The highest BCUT2D eigenvalue weighted by Gasteiger charge is 2.55. The summed E-state index contributed by atoms with van der Waals surface area (Å²) in [6.45, 7) is 0. The Labute approximate surface area is 77.5 Å². The van der Waals surface area contributed by atoms with Crippen molar-refractivity contribution in [1.29, 1.82) is 0 Å². The van der Waals surface area contributed by atoms with E-state index >= 15 is 0 Å². The van der Waals surface area contributed by atoms with E-state index in [0.29, 0.717) is 11.7 Å². The van der Waals surface area contributed by atoms with Crippen LogP contribution in [0.4, 0.5) is 0 Å². The van der Waals surface area contributed by atoms with Gasteiger partial charge in [0.05, 0.1) is 0 Å². The summed E-state index contributed by atoms with van der Waals surface area (Å²) in [5, 5.41) is 0. The van der Waals surface area contributed by atoms with Crippen LogP contribution in [0.3, 0.4) is 0 Å². The molecule has 4 aliphatic carbocycles. The van der Waals surface area contributed by atoms with E-state index in [4.69, 9.17) is 11.6 Å². The standard InChI is InChI=1S/C10H13ClO/c11-10-4-6-1-7(5-10)3-8(2-6)9(10)12/h6-8H,1-5H2. The fraction of sp³-hybridized carbons (Fsp3) is 0.900. The molecular weight excluding hydrogens is 172 g/mol. The van der Waals surface area contributed by atoms with Crippen LogP contribution < -0.4 is 0 Å².